The number of aliphatic carboxylic acids is 1. The molecule has 0 heterocycles. The largest absolute Gasteiger partial charge is 0.481 e. The quantitative estimate of drug-likeness (QED) is 0.558. The average Bonchev–Trinajstić information content (AvgIpc) is 3.57. The van der Waals surface area contributed by atoms with Gasteiger partial charge in [-0.1, -0.05) is 48.5 Å². The highest BCUT2D eigenvalue weighted by atomic mass is 16.5. The summed E-state index contributed by atoms with van der Waals surface area (Å²) in [6.07, 6.45) is 1.39. The lowest BCUT2D eigenvalue weighted by atomic mass is 9.98. The van der Waals surface area contributed by atoms with Crippen LogP contribution in [0.5, 0.6) is 0 Å². The van der Waals surface area contributed by atoms with E-state index in [0.717, 1.165) is 35.1 Å². The lowest BCUT2D eigenvalue weighted by Crippen LogP contribution is -2.46. The molecule has 3 N–H and O–H groups in total. The number of benzene rings is 2. The molecule has 32 heavy (non-hydrogen) atoms. The number of nitrogens with one attached hydrogen (secondary N) is 2. The van der Waals surface area contributed by atoms with Crippen molar-refractivity contribution in [2.75, 3.05) is 13.2 Å². The maximum atomic E-state index is 12.4. The van der Waals surface area contributed by atoms with Crippen LogP contribution in [0, 0.1) is 11.8 Å². The minimum atomic E-state index is -0.860. The highest BCUT2D eigenvalue weighted by Crippen LogP contribution is 2.44. The van der Waals surface area contributed by atoms with Crippen molar-refractivity contribution in [3.05, 3.63) is 59.7 Å². The second-order valence-electron chi connectivity index (χ2n) is 8.63. The average molecular weight is 437 g/mol. The molecule has 4 rings (SSSR count). The number of amides is 2. The molecule has 1 unspecified atom stereocenters. The van der Waals surface area contributed by atoms with Crippen molar-refractivity contribution in [3.8, 4) is 11.1 Å². The second kappa shape index (κ2) is 9.42. The van der Waals surface area contributed by atoms with Crippen LogP contribution in [0.4, 0.5) is 4.79 Å². The third-order valence-electron chi connectivity index (χ3n) is 6.34. The standard InChI is InChI=1S/C25H28N2O5/c1-15(24(30)26-13-17(12-23(28)29)16-10-11-16)27-25(31)32-14-22-20-8-4-2-6-18(20)19-7-3-5-9-21(19)22/h2-9,15-17,22H,10-14H2,1H3,(H,26,30)(H,27,31)(H,28,29)/t15-,17?/m1/s1. The van der Waals surface area contributed by atoms with Gasteiger partial charge in [-0.3, -0.25) is 9.59 Å². The van der Waals surface area contributed by atoms with Crippen LogP contribution in [-0.4, -0.2) is 42.3 Å². The number of hydrogen-bond donors (Lipinski definition) is 3. The van der Waals surface area contributed by atoms with Crippen molar-refractivity contribution < 1.29 is 24.2 Å². The third kappa shape index (κ3) is 4.93. The Kier molecular flexibility index (Phi) is 6.44. The van der Waals surface area contributed by atoms with E-state index in [-0.39, 0.29) is 30.8 Å². The molecule has 2 atom stereocenters. The number of carbonyl (C=O) groups is 3. The van der Waals surface area contributed by atoms with Crippen LogP contribution >= 0.6 is 0 Å². The normalized spacial score (nSPS) is 16.4. The molecule has 0 spiro atoms. The molecule has 0 saturated heterocycles. The molecule has 7 nitrogen and oxygen atoms in total. The summed E-state index contributed by atoms with van der Waals surface area (Å²) in [5.41, 5.74) is 4.54. The van der Waals surface area contributed by atoms with Gasteiger partial charge in [0.25, 0.3) is 0 Å². The summed E-state index contributed by atoms with van der Waals surface area (Å²) in [7, 11) is 0. The Morgan fingerprint density at radius 3 is 2.19 bits per heavy atom. The number of carboxylic acid groups (broad SMARTS) is 1. The Balaban J connectivity index is 1.28. The van der Waals surface area contributed by atoms with E-state index in [1.54, 1.807) is 6.92 Å². The first-order chi connectivity index (χ1) is 15.4. The van der Waals surface area contributed by atoms with Crippen molar-refractivity contribution in [2.24, 2.45) is 11.8 Å². The summed E-state index contributed by atoms with van der Waals surface area (Å²) in [6.45, 7) is 2.06. The van der Waals surface area contributed by atoms with E-state index >= 15 is 0 Å². The summed E-state index contributed by atoms with van der Waals surface area (Å²) in [4.78, 5) is 35.7. The zero-order valence-electron chi connectivity index (χ0n) is 18.0. The van der Waals surface area contributed by atoms with E-state index in [1.807, 2.05) is 36.4 Å². The molecule has 2 aromatic rings. The number of ether oxygens (including phenoxy) is 1. The van der Waals surface area contributed by atoms with E-state index in [1.165, 1.54) is 0 Å². The zero-order valence-corrected chi connectivity index (χ0v) is 18.0. The molecule has 2 aliphatic carbocycles. The number of alkyl carbamates (subject to hydrolysis) is 1. The van der Waals surface area contributed by atoms with Gasteiger partial charge < -0.3 is 20.5 Å². The molecule has 2 aromatic carbocycles. The number of carboxylic acids is 1. The van der Waals surface area contributed by atoms with Gasteiger partial charge >= 0.3 is 12.1 Å². The Morgan fingerprint density at radius 1 is 1.03 bits per heavy atom. The fourth-order valence-corrected chi connectivity index (χ4v) is 4.46. The molecule has 168 valence electrons. The van der Waals surface area contributed by atoms with Gasteiger partial charge in [0, 0.05) is 12.5 Å². The molecule has 1 fully saturated rings. The molecular weight excluding hydrogens is 408 g/mol. The van der Waals surface area contributed by atoms with Gasteiger partial charge in [0.15, 0.2) is 0 Å². The summed E-state index contributed by atoms with van der Waals surface area (Å²) in [5, 5.41) is 14.4. The lowest BCUT2D eigenvalue weighted by molar-refractivity contribution is -0.138. The van der Waals surface area contributed by atoms with Crippen LogP contribution < -0.4 is 10.6 Å². The molecule has 0 bridgehead atoms. The molecule has 0 aromatic heterocycles. The Morgan fingerprint density at radius 2 is 1.62 bits per heavy atom. The second-order valence-corrected chi connectivity index (χ2v) is 8.63. The first-order valence-electron chi connectivity index (χ1n) is 11.0. The van der Waals surface area contributed by atoms with Crippen LogP contribution in [-0.2, 0) is 14.3 Å². The monoisotopic (exact) mass is 436 g/mol. The van der Waals surface area contributed by atoms with Gasteiger partial charge in [-0.2, -0.15) is 0 Å². The van der Waals surface area contributed by atoms with Gasteiger partial charge in [-0.05, 0) is 53.9 Å². The molecular formula is C25H28N2O5. The van der Waals surface area contributed by atoms with Gasteiger partial charge in [0.05, 0.1) is 6.42 Å². The summed E-state index contributed by atoms with van der Waals surface area (Å²) >= 11 is 0. The van der Waals surface area contributed by atoms with Gasteiger partial charge in [-0.15, -0.1) is 0 Å². The molecule has 2 amide bonds. The third-order valence-corrected chi connectivity index (χ3v) is 6.34. The number of rotatable bonds is 9. The first-order valence-corrected chi connectivity index (χ1v) is 11.0. The predicted molar refractivity (Wildman–Crippen MR) is 119 cm³/mol. The predicted octanol–water partition coefficient (Wildman–Crippen LogP) is 3.53. The summed E-state index contributed by atoms with van der Waals surface area (Å²) < 4.78 is 5.48. The van der Waals surface area contributed by atoms with Gasteiger partial charge in [-0.25, -0.2) is 4.79 Å². The highest BCUT2D eigenvalue weighted by Gasteiger charge is 2.33. The molecule has 2 aliphatic rings. The zero-order chi connectivity index (χ0) is 22.7. The van der Waals surface area contributed by atoms with Gasteiger partial charge in [0.1, 0.15) is 12.6 Å². The topological polar surface area (TPSA) is 105 Å². The van der Waals surface area contributed by atoms with E-state index in [0.29, 0.717) is 12.5 Å². The Labute approximate surface area is 187 Å². The van der Waals surface area contributed by atoms with Crippen molar-refractivity contribution in [1.82, 2.24) is 10.6 Å². The molecule has 0 radical (unpaired) electrons. The first kappa shape index (κ1) is 21.9. The van der Waals surface area contributed by atoms with Crippen LogP contribution in [0.25, 0.3) is 11.1 Å². The number of fused-ring (bicyclic) bond motifs is 3. The van der Waals surface area contributed by atoms with Crippen LogP contribution in [0.3, 0.4) is 0 Å². The highest BCUT2D eigenvalue weighted by molar-refractivity contribution is 5.85. The number of carbonyl (C=O) groups excluding carboxylic acids is 2. The minimum Gasteiger partial charge on any atom is -0.481 e. The van der Waals surface area contributed by atoms with Crippen molar-refractivity contribution in [3.63, 3.8) is 0 Å². The Hall–Kier alpha value is -3.35. The summed E-state index contributed by atoms with van der Waals surface area (Å²) in [5.74, 6) is -0.974. The van der Waals surface area contributed by atoms with Crippen LogP contribution in [0.1, 0.15) is 43.2 Å². The van der Waals surface area contributed by atoms with Crippen molar-refractivity contribution in [1.29, 1.82) is 0 Å². The fraction of sp³-hybridized carbons (Fsp3) is 0.400. The van der Waals surface area contributed by atoms with Crippen molar-refractivity contribution in [2.45, 2.75) is 38.1 Å². The minimum absolute atomic E-state index is 0.0408. The van der Waals surface area contributed by atoms with E-state index in [2.05, 4.69) is 22.8 Å². The SMILES string of the molecule is C[C@@H](NC(=O)OCC1c2ccccc2-c2ccccc21)C(=O)NCC(CC(=O)O)C1CC1. The van der Waals surface area contributed by atoms with Crippen LogP contribution in [0.2, 0.25) is 0 Å². The van der Waals surface area contributed by atoms with Crippen LogP contribution in [0.15, 0.2) is 48.5 Å². The van der Waals surface area contributed by atoms with E-state index in [4.69, 9.17) is 9.84 Å². The maximum absolute atomic E-state index is 12.4. The van der Waals surface area contributed by atoms with Crippen molar-refractivity contribution >= 4 is 18.0 Å². The van der Waals surface area contributed by atoms with Gasteiger partial charge in [0.2, 0.25) is 5.91 Å². The van der Waals surface area contributed by atoms with E-state index in [9.17, 15) is 14.4 Å². The maximum Gasteiger partial charge on any atom is 0.407 e. The smallest absolute Gasteiger partial charge is 0.407 e. The summed E-state index contributed by atoms with van der Waals surface area (Å²) in [6, 6.07) is 15.4. The molecule has 1 saturated carbocycles. The molecule has 0 aliphatic heterocycles. The number of hydrogen-bond acceptors (Lipinski definition) is 4. The lowest BCUT2D eigenvalue weighted by Gasteiger charge is -2.19. The fourth-order valence-electron chi connectivity index (χ4n) is 4.46. The molecule has 7 heteroatoms. The van der Waals surface area contributed by atoms with E-state index < -0.39 is 18.1 Å². The Bertz CT molecular complexity index is 971.